The highest BCUT2D eigenvalue weighted by atomic mass is 16.3. The molecule has 0 fully saturated rings. The average Bonchev–Trinajstić information content (AvgIpc) is 2.19. The van der Waals surface area contributed by atoms with E-state index >= 15 is 0 Å². The summed E-state index contributed by atoms with van der Waals surface area (Å²) in [7, 11) is 0. The molecule has 1 aromatic carbocycles. The number of aromatic hydroxyl groups is 1. The van der Waals surface area contributed by atoms with Crippen LogP contribution >= 0.6 is 0 Å². The second-order valence-corrected chi connectivity index (χ2v) is 3.24. The van der Waals surface area contributed by atoms with E-state index in [4.69, 9.17) is 0 Å². The van der Waals surface area contributed by atoms with Crippen molar-refractivity contribution in [1.29, 1.82) is 0 Å². The molecule has 0 radical (unpaired) electrons. The Morgan fingerprint density at radius 3 is 2.71 bits per heavy atom. The lowest BCUT2D eigenvalue weighted by molar-refractivity contribution is 0.475. The number of aryl methyl sites for hydroxylation is 1. The van der Waals surface area contributed by atoms with Gasteiger partial charge in [0.05, 0.1) is 0 Å². The molecule has 1 heterocycles. The number of pyridine rings is 1. The molecule has 0 aliphatic carbocycles. The SMILES string of the molecule is Cc1cc(O)ccc1-c1cccnc1. The van der Waals surface area contributed by atoms with Crippen molar-refractivity contribution < 1.29 is 5.11 Å². The van der Waals surface area contributed by atoms with Crippen LogP contribution in [0.2, 0.25) is 0 Å². The minimum Gasteiger partial charge on any atom is -0.508 e. The summed E-state index contributed by atoms with van der Waals surface area (Å²) in [5, 5.41) is 9.27. The van der Waals surface area contributed by atoms with Gasteiger partial charge in [-0.1, -0.05) is 12.1 Å². The normalized spacial score (nSPS) is 10.1. The van der Waals surface area contributed by atoms with Gasteiger partial charge in [-0.25, -0.2) is 0 Å². The van der Waals surface area contributed by atoms with Crippen molar-refractivity contribution >= 4 is 0 Å². The molecule has 0 amide bonds. The van der Waals surface area contributed by atoms with Crippen molar-refractivity contribution in [2.75, 3.05) is 0 Å². The summed E-state index contributed by atoms with van der Waals surface area (Å²) >= 11 is 0. The number of hydrogen-bond acceptors (Lipinski definition) is 2. The van der Waals surface area contributed by atoms with Crippen molar-refractivity contribution in [2.45, 2.75) is 6.92 Å². The van der Waals surface area contributed by atoms with E-state index in [1.54, 1.807) is 18.3 Å². The van der Waals surface area contributed by atoms with Gasteiger partial charge in [0.15, 0.2) is 0 Å². The average molecular weight is 185 g/mol. The third-order valence-corrected chi connectivity index (χ3v) is 2.18. The van der Waals surface area contributed by atoms with Crippen LogP contribution in [0.5, 0.6) is 5.75 Å². The predicted octanol–water partition coefficient (Wildman–Crippen LogP) is 2.76. The van der Waals surface area contributed by atoms with Crippen molar-refractivity contribution in [3.8, 4) is 16.9 Å². The highest BCUT2D eigenvalue weighted by molar-refractivity contribution is 5.67. The predicted molar refractivity (Wildman–Crippen MR) is 56.1 cm³/mol. The number of hydrogen-bond donors (Lipinski definition) is 1. The molecule has 0 aliphatic rings. The zero-order valence-electron chi connectivity index (χ0n) is 7.94. The van der Waals surface area contributed by atoms with Crippen LogP contribution in [0.25, 0.3) is 11.1 Å². The lowest BCUT2D eigenvalue weighted by Gasteiger charge is -2.05. The van der Waals surface area contributed by atoms with Gasteiger partial charge in [-0.3, -0.25) is 4.98 Å². The molecule has 0 atom stereocenters. The Morgan fingerprint density at radius 2 is 2.07 bits per heavy atom. The van der Waals surface area contributed by atoms with Crippen molar-refractivity contribution in [2.24, 2.45) is 0 Å². The van der Waals surface area contributed by atoms with Crippen molar-refractivity contribution in [3.63, 3.8) is 0 Å². The van der Waals surface area contributed by atoms with Gasteiger partial charge in [-0.2, -0.15) is 0 Å². The van der Waals surface area contributed by atoms with Crippen molar-refractivity contribution in [3.05, 3.63) is 48.3 Å². The molecule has 0 spiro atoms. The largest absolute Gasteiger partial charge is 0.508 e. The Hall–Kier alpha value is -1.83. The first kappa shape index (κ1) is 8.75. The van der Waals surface area contributed by atoms with E-state index in [0.29, 0.717) is 5.75 Å². The molecule has 2 rings (SSSR count). The summed E-state index contributed by atoms with van der Waals surface area (Å²) in [5.74, 6) is 0.301. The highest BCUT2D eigenvalue weighted by Crippen LogP contribution is 2.25. The number of rotatable bonds is 1. The Kier molecular flexibility index (Phi) is 2.19. The first-order valence-corrected chi connectivity index (χ1v) is 4.47. The van der Waals surface area contributed by atoms with Crippen LogP contribution < -0.4 is 0 Å². The number of aromatic nitrogens is 1. The van der Waals surface area contributed by atoms with E-state index in [-0.39, 0.29) is 0 Å². The molecule has 1 aromatic heterocycles. The molecule has 2 aromatic rings. The Balaban J connectivity index is 2.53. The van der Waals surface area contributed by atoms with Crippen LogP contribution in [-0.4, -0.2) is 10.1 Å². The van der Waals surface area contributed by atoms with Crippen LogP contribution in [0.3, 0.4) is 0 Å². The zero-order valence-corrected chi connectivity index (χ0v) is 7.94. The van der Waals surface area contributed by atoms with Gasteiger partial charge in [-0.05, 0) is 36.2 Å². The zero-order chi connectivity index (χ0) is 9.97. The third kappa shape index (κ3) is 1.59. The molecule has 0 bridgehead atoms. The lowest BCUT2D eigenvalue weighted by atomic mass is 10.0. The minimum atomic E-state index is 0.301. The minimum absolute atomic E-state index is 0.301. The molecule has 70 valence electrons. The van der Waals surface area contributed by atoms with Gasteiger partial charge in [0.25, 0.3) is 0 Å². The fraction of sp³-hybridized carbons (Fsp3) is 0.0833. The lowest BCUT2D eigenvalue weighted by Crippen LogP contribution is -1.83. The second kappa shape index (κ2) is 3.50. The number of benzene rings is 1. The van der Waals surface area contributed by atoms with Gasteiger partial charge >= 0.3 is 0 Å². The van der Waals surface area contributed by atoms with Crippen LogP contribution in [0.1, 0.15) is 5.56 Å². The van der Waals surface area contributed by atoms with E-state index in [1.165, 1.54) is 0 Å². The van der Waals surface area contributed by atoms with E-state index < -0.39 is 0 Å². The molecular weight excluding hydrogens is 174 g/mol. The summed E-state index contributed by atoms with van der Waals surface area (Å²) < 4.78 is 0. The number of phenols is 1. The topological polar surface area (TPSA) is 33.1 Å². The number of nitrogens with zero attached hydrogens (tertiary/aromatic N) is 1. The van der Waals surface area contributed by atoms with Gasteiger partial charge in [-0.15, -0.1) is 0 Å². The summed E-state index contributed by atoms with van der Waals surface area (Å²) in [6.07, 6.45) is 3.57. The van der Waals surface area contributed by atoms with E-state index in [2.05, 4.69) is 4.98 Å². The maximum atomic E-state index is 9.27. The summed E-state index contributed by atoms with van der Waals surface area (Å²) in [5.41, 5.74) is 3.24. The highest BCUT2D eigenvalue weighted by Gasteiger charge is 2.01. The molecule has 0 unspecified atom stereocenters. The fourth-order valence-electron chi connectivity index (χ4n) is 1.49. The summed E-state index contributed by atoms with van der Waals surface area (Å²) in [6.45, 7) is 1.97. The number of phenolic OH excluding ortho intramolecular Hbond substituents is 1. The Labute approximate surface area is 82.9 Å². The van der Waals surface area contributed by atoms with Crippen LogP contribution in [0.4, 0.5) is 0 Å². The second-order valence-electron chi connectivity index (χ2n) is 3.24. The quantitative estimate of drug-likeness (QED) is 0.741. The van der Waals surface area contributed by atoms with Gasteiger partial charge < -0.3 is 5.11 Å². The first-order chi connectivity index (χ1) is 6.77. The Morgan fingerprint density at radius 1 is 1.21 bits per heavy atom. The molecule has 2 nitrogen and oxygen atoms in total. The fourth-order valence-corrected chi connectivity index (χ4v) is 1.49. The van der Waals surface area contributed by atoms with Gasteiger partial charge in [0, 0.05) is 18.0 Å². The maximum Gasteiger partial charge on any atom is 0.115 e. The molecule has 0 aliphatic heterocycles. The monoisotopic (exact) mass is 185 g/mol. The van der Waals surface area contributed by atoms with Gasteiger partial charge in [0.2, 0.25) is 0 Å². The van der Waals surface area contributed by atoms with Gasteiger partial charge in [0.1, 0.15) is 5.75 Å². The summed E-state index contributed by atoms with van der Waals surface area (Å²) in [6, 6.07) is 9.26. The van der Waals surface area contributed by atoms with Crippen LogP contribution in [-0.2, 0) is 0 Å². The molecule has 0 saturated heterocycles. The molecule has 1 N–H and O–H groups in total. The van der Waals surface area contributed by atoms with Crippen molar-refractivity contribution in [1.82, 2.24) is 4.98 Å². The van der Waals surface area contributed by atoms with Crippen LogP contribution in [0.15, 0.2) is 42.7 Å². The molecule has 14 heavy (non-hydrogen) atoms. The molecule has 0 saturated carbocycles. The van der Waals surface area contributed by atoms with E-state index in [1.807, 2.05) is 31.3 Å². The van der Waals surface area contributed by atoms with Crippen LogP contribution in [0, 0.1) is 6.92 Å². The van der Waals surface area contributed by atoms with E-state index in [9.17, 15) is 5.11 Å². The summed E-state index contributed by atoms with van der Waals surface area (Å²) in [4.78, 5) is 4.06. The van der Waals surface area contributed by atoms with E-state index in [0.717, 1.165) is 16.7 Å². The smallest absolute Gasteiger partial charge is 0.115 e. The standard InChI is InChI=1S/C12H11NO/c1-9-7-11(14)4-5-12(9)10-3-2-6-13-8-10/h2-8,14H,1H3. The third-order valence-electron chi connectivity index (χ3n) is 2.18. The molecular formula is C12H11NO. The maximum absolute atomic E-state index is 9.27. The Bertz CT molecular complexity index is 437. The molecule has 2 heteroatoms. The first-order valence-electron chi connectivity index (χ1n) is 4.47.